The normalized spacial score (nSPS) is 17.8. The molecule has 1 atom stereocenters. The van der Waals surface area contributed by atoms with Gasteiger partial charge in [-0.25, -0.2) is 4.98 Å². The van der Waals surface area contributed by atoms with Crippen LogP contribution >= 0.6 is 12.2 Å². The predicted molar refractivity (Wildman–Crippen MR) is 84.8 cm³/mol. The van der Waals surface area contributed by atoms with Gasteiger partial charge >= 0.3 is 0 Å². The van der Waals surface area contributed by atoms with Gasteiger partial charge in [-0.3, -0.25) is 0 Å². The molecule has 0 spiro atoms. The summed E-state index contributed by atoms with van der Waals surface area (Å²) in [5.74, 6) is 1.41. The molecule has 1 heterocycles. The van der Waals surface area contributed by atoms with Crippen LogP contribution in [0, 0.1) is 11.6 Å². The topological polar surface area (TPSA) is 28.7 Å². The summed E-state index contributed by atoms with van der Waals surface area (Å²) in [6, 6.07) is 8.73. The zero-order valence-corrected chi connectivity index (χ0v) is 12.9. The predicted octanol–water partition coefficient (Wildman–Crippen LogP) is 4.48. The van der Waals surface area contributed by atoms with E-state index in [2.05, 4.69) is 48.1 Å². The first-order chi connectivity index (χ1) is 9.70. The Labute approximate surface area is 125 Å². The molecule has 2 nitrogen and oxygen atoms in total. The van der Waals surface area contributed by atoms with Crippen LogP contribution in [0.15, 0.2) is 24.3 Å². The Morgan fingerprint density at radius 3 is 2.90 bits per heavy atom. The average Bonchev–Trinajstić information content (AvgIpc) is 2.46. The molecule has 104 valence electrons. The molecule has 0 saturated carbocycles. The number of hydrogen-bond acceptors (Lipinski definition) is 2. The van der Waals surface area contributed by atoms with Crippen LogP contribution in [0.5, 0.6) is 0 Å². The highest BCUT2D eigenvalue weighted by atomic mass is 32.1. The number of hydrogen-bond donors (Lipinski definition) is 1. The van der Waals surface area contributed by atoms with E-state index in [4.69, 9.17) is 12.2 Å². The number of aryl methyl sites for hydroxylation is 2. The first kappa shape index (κ1) is 13.5. The number of aromatic nitrogens is 2. The number of aromatic amines is 1. The van der Waals surface area contributed by atoms with Gasteiger partial charge in [-0.1, -0.05) is 43.4 Å². The Morgan fingerprint density at radius 2 is 2.15 bits per heavy atom. The molecule has 0 saturated heterocycles. The zero-order chi connectivity index (χ0) is 14.1. The van der Waals surface area contributed by atoms with Crippen LogP contribution in [0.25, 0.3) is 0 Å². The maximum absolute atomic E-state index is 5.46. The molecule has 1 N–H and O–H groups in total. The van der Waals surface area contributed by atoms with E-state index in [1.165, 1.54) is 35.2 Å². The smallest absolute Gasteiger partial charge is 0.133 e. The average molecular weight is 284 g/mol. The lowest BCUT2D eigenvalue weighted by Crippen LogP contribution is -2.15. The minimum absolute atomic E-state index is 0.367. The molecule has 1 aliphatic rings. The first-order valence-electron chi connectivity index (χ1n) is 7.38. The van der Waals surface area contributed by atoms with Crippen LogP contribution in [0.3, 0.4) is 0 Å². The molecule has 3 heteroatoms. The number of fused-ring (bicyclic) bond motifs is 1. The molecule has 1 aromatic heterocycles. The van der Waals surface area contributed by atoms with E-state index >= 15 is 0 Å². The van der Waals surface area contributed by atoms with Gasteiger partial charge in [-0.05, 0) is 43.7 Å². The van der Waals surface area contributed by atoms with Crippen LogP contribution in [-0.2, 0) is 12.8 Å². The largest absolute Gasteiger partial charge is 0.347 e. The van der Waals surface area contributed by atoms with E-state index < -0.39 is 0 Å². The fourth-order valence-electron chi connectivity index (χ4n) is 3.25. The second kappa shape index (κ2) is 5.49. The molecule has 1 aliphatic carbocycles. The quantitative estimate of drug-likeness (QED) is 0.824. The number of nitrogens with zero attached hydrogens (tertiary/aromatic N) is 1. The third kappa shape index (κ3) is 2.31. The molecule has 0 radical (unpaired) electrons. The summed E-state index contributed by atoms with van der Waals surface area (Å²) in [4.78, 5) is 8.19. The highest BCUT2D eigenvalue weighted by molar-refractivity contribution is 7.71. The molecular weight excluding hydrogens is 264 g/mol. The van der Waals surface area contributed by atoms with Gasteiger partial charge in [-0.2, -0.15) is 0 Å². The van der Waals surface area contributed by atoms with E-state index in [0.717, 1.165) is 23.3 Å². The van der Waals surface area contributed by atoms with Crippen molar-refractivity contribution < 1.29 is 0 Å². The number of H-pyrrole nitrogens is 1. The van der Waals surface area contributed by atoms with Crippen LogP contribution in [0.2, 0.25) is 0 Å². The number of nitrogens with one attached hydrogen (secondary N) is 1. The Kier molecular flexibility index (Phi) is 3.70. The lowest BCUT2D eigenvalue weighted by molar-refractivity contribution is 0.586. The highest BCUT2D eigenvalue weighted by Crippen LogP contribution is 2.35. The van der Waals surface area contributed by atoms with Gasteiger partial charge < -0.3 is 4.98 Å². The summed E-state index contributed by atoms with van der Waals surface area (Å²) in [7, 11) is 0. The molecule has 3 rings (SSSR count). The number of rotatable bonds is 2. The molecular formula is C17H20N2S. The van der Waals surface area contributed by atoms with E-state index in [1.54, 1.807) is 0 Å². The van der Waals surface area contributed by atoms with Crippen molar-refractivity contribution in [2.45, 2.75) is 45.4 Å². The van der Waals surface area contributed by atoms with E-state index in [0.29, 0.717) is 5.92 Å². The van der Waals surface area contributed by atoms with Crippen molar-refractivity contribution in [3.63, 3.8) is 0 Å². The maximum atomic E-state index is 5.46. The summed E-state index contributed by atoms with van der Waals surface area (Å²) >= 11 is 5.46. The van der Waals surface area contributed by atoms with Crippen molar-refractivity contribution in [1.82, 2.24) is 9.97 Å². The van der Waals surface area contributed by atoms with Gasteiger partial charge in [-0.15, -0.1) is 0 Å². The van der Waals surface area contributed by atoms with Crippen molar-refractivity contribution >= 4 is 12.2 Å². The molecule has 1 unspecified atom stereocenters. The third-order valence-electron chi connectivity index (χ3n) is 4.30. The monoisotopic (exact) mass is 284 g/mol. The lowest BCUT2D eigenvalue weighted by atomic mass is 9.82. The molecule has 0 aliphatic heterocycles. The van der Waals surface area contributed by atoms with Crippen molar-refractivity contribution in [3.8, 4) is 0 Å². The van der Waals surface area contributed by atoms with Crippen molar-refractivity contribution in [1.29, 1.82) is 0 Å². The van der Waals surface area contributed by atoms with E-state index in [1.807, 2.05) is 0 Å². The second-order valence-corrected chi connectivity index (χ2v) is 5.91. The highest BCUT2D eigenvalue weighted by Gasteiger charge is 2.23. The Hall–Kier alpha value is -1.48. The molecule has 2 aromatic rings. The summed E-state index contributed by atoms with van der Waals surface area (Å²) in [6.45, 7) is 4.23. The van der Waals surface area contributed by atoms with Crippen LogP contribution in [0.4, 0.5) is 0 Å². The van der Waals surface area contributed by atoms with Gasteiger partial charge in [0.2, 0.25) is 0 Å². The fraction of sp³-hybridized carbons (Fsp3) is 0.412. The Morgan fingerprint density at radius 1 is 1.35 bits per heavy atom. The first-order valence-corrected chi connectivity index (χ1v) is 7.79. The van der Waals surface area contributed by atoms with Crippen LogP contribution in [-0.4, -0.2) is 9.97 Å². The lowest BCUT2D eigenvalue weighted by Gasteiger charge is -2.25. The van der Waals surface area contributed by atoms with Crippen molar-refractivity contribution in [2.24, 2.45) is 0 Å². The van der Waals surface area contributed by atoms with Crippen LogP contribution in [0.1, 0.15) is 53.9 Å². The van der Waals surface area contributed by atoms with Crippen molar-refractivity contribution in [2.75, 3.05) is 0 Å². The van der Waals surface area contributed by atoms with Gasteiger partial charge in [0.1, 0.15) is 10.5 Å². The second-order valence-electron chi connectivity index (χ2n) is 5.53. The standard InChI is InChI=1S/C17H20N2S/c1-3-13-11(2)18-16(19-17(13)20)15-10-6-8-12-7-4-5-9-14(12)15/h4-5,7,9,15H,3,6,8,10H2,1-2H3,(H,18,19,20). The molecule has 0 fully saturated rings. The molecule has 1 aromatic carbocycles. The summed E-state index contributed by atoms with van der Waals surface area (Å²) < 4.78 is 0.766. The van der Waals surface area contributed by atoms with Crippen LogP contribution < -0.4 is 0 Å². The van der Waals surface area contributed by atoms with E-state index in [9.17, 15) is 0 Å². The fourth-order valence-corrected chi connectivity index (χ4v) is 3.65. The minimum Gasteiger partial charge on any atom is -0.347 e. The molecule has 0 bridgehead atoms. The number of benzene rings is 1. The molecule has 20 heavy (non-hydrogen) atoms. The maximum Gasteiger partial charge on any atom is 0.133 e. The SMILES string of the molecule is CCc1c(C)[nH]c(C2CCCc3ccccc32)nc1=S. The third-order valence-corrected chi connectivity index (χ3v) is 4.64. The van der Waals surface area contributed by atoms with Gasteiger partial charge in [0.05, 0.1) is 0 Å². The summed E-state index contributed by atoms with van der Waals surface area (Å²) in [6.07, 6.45) is 4.49. The van der Waals surface area contributed by atoms with Gasteiger partial charge in [0.15, 0.2) is 0 Å². The summed E-state index contributed by atoms with van der Waals surface area (Å²) in [5.41, 5.74) is 5.22. The summed E-state index contributed by atoms with van der Waals surface area (Å²) in [5, 5.41) is 0. The molecule has 0 amide bonds. The van der Waals surface area contributed by atoms with Gasteiger partial charge in [0.25, 0.3) is 0 Å². The van der Waals surface area contributed by atoms with E-state index in [-0.39, 0.29) is 0 Å². The zero-order valence-electron chi connectivity index (χ0n) is 12.1. The Balaban J connectivity index is 2.09. The van der Waals surface area contributed by atoms with Gasteiger partial charge in [0, 0.05) is 17.2 Å². The Bertz CT molecular complexity index is 688. The minimum atomic E-state index is 0.367. The van der Waals surface area contributed by atoms with Crippen molar-refractivity contribution in [3.05, 3.63) is 57.1 Å².